The van der Waals surface area contributed by atoms with Crippen molar-refractivity contribution in [3.8, 4) is 5.88 Å². The van der Waals surface area contributed by atoms with Gasteiger partial charge in [0, 0.05) is 19.6 Å². The lowest BCUT2D eigenvalue weighted by atomic mass is 10.2. The van der Waals surface area contributed by atoms with Gasteiger partial charge in [0.15, 0.2) is 0 Å². The summed E-state index contributed by atoms with van der Waals surface area (Å²) in [5, 5.41) is 18.7. The molecule has 0 aromatic carbocycles. The van der Waals surface area contributed by atoms with Gasteiger partial charge in [0.2, 0.25) is 5.88 Å². The van der Waals surface area contributed by atoms with E-state index in [1.807, 2.05) is 6.92 Å². The quantitative estimate of drug-likeness (QED) is 0.839. The third-order valence-corrected chi connectivity index (χ3v) is 3.74. The van der Waals surface area contributed by atoms with Gasteiger partial charge in [0.25, 0.3) is 5.56 Å². The molecule has 1 fully saturated rings. The van der Waals surface area contributed by atoms with Crippen molar-refractivity contribution >= 4 is 6.09 Å². The molecule has 2 N–H and O–H groups in total. The molecule has 1 aliphatic rings. The zero-order chi connectivity index (χ0) is 15.6. The third kappa shape index (κ3) is 2.93. The van der Waals surface area contributed by atoms with Gasteiger partial charge in [-0.25, -0.2) is 9.59 Å². The van der Waals surface area contributed by atoms with Crippen LogP contribution in [0.5, 0.6) is 5.88 Å². The second-order valence-corrected chi connectivity index (χ2v) is 5.17. The molecule has 1 unspecified atom stereocenters. The predicted octanol–water partition coefficient (Wildman–Crippen LogP) is 0.441. The molecule has 0 spiro atoms. The van der Waals surface area contributed by atoms with Crippen molar-refractivity contribution in [2.24, 2.45) is 0 Å². The second-order valence-electron chi connectivity index (χ2n) is 5.17. The molecule has 1 amide bonds. The largest absolute Gasteiger partial charge is 0.494 e. The van der Waals surface area contributed by atoms with E-state index in [1.54, 1.807) is 0 Å². The molecule has 1 aliphatic heterocycles. The predicted molar refractivity (Wildman–Crippen MR) is 74.8 cm³/mol. The van der Waals surface area contributed by atoms with Crippen LogP contribution in [-0.2, 0) is 6.54 Å². The van der Waals surface area contributed by atoms with Crippen molar-refractivity contribution < 1.29 is 15.0 Å². The van der Waals surface area contributed by atoms with Crippen molar-refractivity contribution in [1.29, 1.82) is 0 Å². The minimum absolute atomic E-state index is 0.114. The first-order chi connectivity index (χ1) is 9.95. The first kappa shape index (κ1) is 15.1. The Hall–Kier alpha value is -2.25. The molecule has 1 saturated heterocycles. The summed E-state index contributed by atoms with van der Waals surface area (Å²) >= 11 is 0. The van der Waals surface area contributed by atoms with Gasteiger partial charge in [0.05, 0.1) is 12.1 Å². The number of hydrogen-bond donors (Lipinski definition) is 2. The van der Waals surface area contributed by atoms with Crippen molar-refractivity contribution in [2.45, 2.75) is 38.8 Å². The first-order valence-corrected chi connectivity index (χ1v) is 6.99. The Kier molecular flexibility index (Phi) is 4.35. The van der Waals surface area contributed by atoms with Gasteiger partial charge in [-0.05, 0) is 12.8 Å². The maximum Gasteiger partial charge on any atom is 0.407 e. The van der Waals surface area contributed by atoms with Crippen LogP contribution < -0.4 is 11.2 Å². The number of carbonyl (C=O) groups is 1. The molecule has 116 valence electrons. The number of hydrogen-bond acceptors (Lipinski definition) is 4. The highest BCUT2D eigenvalue weighted by Crippen LogP contribution is 2.19. The van der Waals surface area contributed by atoms with Gasteiger partial charge in [0.1, 0.15) is 0 Å². The topological polar surface area (TPSA) is 105 Å². The van der Waals surface area contributed by atoms with E-state index in [4.69, 9.17) is 5.11 Å². The van der Waals surface area contributed by atoms with Gasteiger partial charge < -0.3 is 15.1 Å². The Balaban J connectivity index is 2.38. The summed E-state index contributed by atoms with van der Waals surface area (Å²) < 4.78 is 2.21. The SMILES string of the molecule is CCCCn1c(O)cc(=O)n(C2CCN(C(=O)O)C2)c1=O. The van der Waals surface area contributed by atoms with Crippen LogP contribution in [0.3, 0.4) is 0 Å². The summed E-state index contributed by atoms with van der Waals surface area (Å²) in [5.41, 5.74) is -1.17. The Labute approximate surface area is 120 Å². The molecule has 1 aromatic heterocycles. The number of unbranched alkanes of at least 4 members (excludes halogenated alkanes) is 1. The van der Waals surface area contributed by atoms with Crippen molar-refractivity contribution in [2.75, 3.05) is 13.1 Å². The summed E-state index contributed by atoms with van der Waals surface area (Å²) in [7, 11) is 0. The molecule has 8 nitrogen and oxygen atoms in total. The lowest BCUT2D eigenvalue weighted by molar-refractivity contribution is 0.154. The molecule has 0 aliphatic carbocycles. The second kappa shape index (κ2) is 6.02. The van der Waals surface area contributed by atoms with Gasteiger partial charge in [-0.3, -0.25) is 13.9 Å². The lowest BCUT2D eigenvalue weighted by Gasteiger charge is -2.16. The summed E-state index contributed by atoms with van der Waals surface area (Å²) in [6.45, 7) is 2.70. The highest BCUT2D eigenvalue weighted by molar-refractivity contribution is 5.65. The van der Waals surface area contributed by atoms with Gasteiger partial charge in [-0.15, -0.1) is 0 Å². The Morgan fingerprint density at radius 3 is 2.71 bits per heavy atom. The molecule has 2 heterocycles. The summed E-state index contributed by atoms with van der Waals surface area (Å²) in [6, 6.07) is 0.537. The molecular weight excluding hydrogens is 278 g/mol. The molecular formula is C13H19N3O5. The van der Waals surface area contributed by atoms with Gasteiger partial charge in [-0.1, -0.05) is 13.3 Å². The van der Waals surface area contributed by atoms with Crippen molar-refractivity contribution in [1.82, 2.24) is 14.0 Å². The monoisotopic (exact) mass is 297 g/mol. The van der Waals surface area contributed by atoms with Crippen molar-refractivity contribution in [3.05, 3.63) is 26.9 Å². The van der Waals surface area contributed by atoms with Gasteiger partial charge >= 0.3 is 11.8 Å². The van der Waals surface area contributed by atoms with Crippen LogP contribution in [0.25, 0.3) is 0 Å². The summed E-state index contributed by atoms with van der Waals surface area (Å²) in [6.07, 6.45) is 0.911. The smallest absolute Gasteiger partial charge is 0.407 e. The normalized spacial score (nSPS) is 18.1. The summed E-state index contributed by atoms with van der Waals surface area (Å²) in [5.74, 6) is -0.345. The van der Waals surface area contributed by atoms with Crippen LogP contribution in [0.2, 0.25) is 0 Å². The number of nitrogens with zero attached hydrogens (tertiary/aromatic N) is 3. The molecule has 0 radical (unpaired) electrons. The number of aromatic hydroxyl groups is 1. The first-order valence-electron chi connectivity index (χ1n) is 6.99. The summed E-state index contributed by atoms with van der Waals surface area (Å²) in [4.78, 5) is 36.5. The number of carboxylic acid groups (broad SMARTS) is 1. The standard InChI is InChI=1S/C13H19N3O5/c1-2-3-5-15-10(17)7-11(18)16(12(15)19)9-4-6-14(8-9)13(20)21/h7,9,17H,2-6,8H2,1H3,(H,20,21). The molecule has 1 atom stereocenters. The zero-order valence-electron chi connectivity index (χ0n) is 11.9. The molecule has 21 heavy (non-hydrogen) atoms. The third-order valence-electron chi connectivity index (χ3n) is 3.74. The molecule has 1 aromatic rings. The van der Waals surface area contributed by atoms with Crippen LogP contribution in [-0.4, -0.2) is 43.4 Å². The van der Waals surface area contributed by atoms with Crippen LogP contribution in [0, 0.1) is 0 Å². The van der Waals surface area contributed by atoms with Gasteiger partial charge in [-0.2, -0.15) is 0 Å². The van der Waals surface area contributed by atoms with E-state index in [2.05, 4.69) is 0 Å². The van der Waals surface area contributed by atoms with E-state index in [0.717, 1.165) is 21.6 Å². The fourth-order valence-electron chi connectivity index (χ4n) is 2.57. The zero-order valence-corrected chi connectivity index (χ0v) is 11.9. The number of likely N-dealkylation sites (tertiary alicyclic amines) is 1. The molecule has 8 heteroatoms. The Morgan fingerprint density at radius 1 is 1.43 bits per heavy atom. The number of aromatic nitrogens is 2. The van der Waals surface area contributed by atoms with E-state index in [-0.39, 0.29) is 12.4 Å². The lowest BCUT2D eigenvalue weighted by Crippen LogP contribution is -2.42. The van der Waals surface area contributed by atoms with Crippen LogP contribution in [0.4, 0.5) is 4.79 Å². The van der Waals surface area contributed by atoms with E-state index in [1.165, 1.54) is 4.90 Å². The van der Waals surface area contributed by atoms with Crippen LogP contribution in [0.1, 0.15) is 32.2 Å². The number of amides is 1. The number of rotatable bonds is 4. The highest BCUT2D eigenvalue weighted by atomic mass is 16.4. The highest BCUT2D eigenvalue weighted by Gasteiger charge is 2.29. The fourth-order valence-corrected chi connectivity index (χ4v) is 2.57. The molecule has 0 saturated carbocycles. The van der Waals surface area contributed by atoms with E-state index >= 15 is 0 Å². The Morgan fingerprint density at radius 2 is 2.14 bits per heavy atom. The maximum absolute atomic E-state index is 12.4. The fraction of sp³-hybridized carbons (Fsp3) is 0.615. The van der Waals surface area contributed by atoms with E-state index < -0.39 is 23.4 Å². The minimum Gasteiger partial charge on any atom is -0.494 e. The molecule has 2 rings (SSSR count). The van der Waals surface area contributed by atoms with Crippen molar-refractivity contribution in [3.63, 3.8) is 0 Å². The van der Waals surface area contributed by atoms with Crippen LogP contribution in [0.15, 0.2) is 15.7 Å². The molecule has 0 bridgehead atoms. The minimum atomic E-state index is -1.06. The van der Waals surface area contributed by atoms with E-state index in [0.29, 0.717) is 25.9 Å². The average Bonchev–Trinajstić information content (AvgIpc) is 2.87. The van der Waals surface area contributed by atoms with E-state index in [9.17, 15) is 19.5 Å². The maximum atomic E-state index is 12.4. The Bertz CT molecular complexity index is 648. The van der Waals surface area contributed by atoms with Crippen LogP contribution >= 0.6 is 0 Å². The average molecular weight is 297 g/mol.